The minimum Gasteiger partial charge on any atom is -0.423 e. The fourth-order valence-corrected chi connectivity index (χ4v) is 5.35. The van der Waals surface area contributed by atoms with Crippen LogP contribution in [0.1, 0.15) is 35.1 Å². The normalized spacial score (nSPS) is 10.6. The number of carbonyl (C=O) groups is 4. The highest BCUT2D eigenvalue weighted by Gasteiger charge is 2.34. The van der Waals surface area contributed by atoms with Gasteiger partial charge in [0.05, 0.1) is 0 Å². The Morgan fingerprint density at radius 1 is 0.429 bits per heavy atom. The first-order chi connectivity index (χ1) is 23.7. The van der Waals surface area contributed by atoms with Crippen LogP contribution in [0.4, 0.5) is 0 Å². The van der Waals surface area contributed by atoms with Gasteiger partial charge in [0.25, 0.3) is 0 Å². The molecule has 0 aromatic heterocycles. The zero-order chi connectivity index (χ0) is 35.2. The van der Waals surface area contributed by atoms with E-state index < -0.39 is 29.3 Å². The Morgan fingerprint density at radius 3 is 0.918 bits per heavy atom. The third-order valence-electron chi connectivity index (χ3n) is 7.88. The van der Waals surface area contributed by atoms with E-state index in [1.54, 1.807) is 48.5 Å². The molecule has 0 aliphatic carbocycles. The Kier molecular flexibility index (Phi) is 12.4. The molecular weight excluding hydrogens is 620 g/mol. The molecule has 0 aliphatic heterocycles. The maximum atomic E-state index is 11.9. The number of carbonyl (C=O) groups excluding carboxylic acids is 4. The summed E-state index contributed by atoms with van der Waals surface area (Å²) in [5, 5.41) is 0. The minimum atomic E-state index is -0.593. The molecule has 0 amide bonds. The lowest BCUT2D eigenvalue weighted by Crippen LogP contribution is -2.29. The number of rotatable bonds is 16. The Bertz CT molecular complexity index is 1680. The molecule has 4 rings (SSSR count). The van der Waals surface area contributed by atoms with E-state index in [4.69, 9.17) is 18.9 Å². The number of hydrogen-bond acceptors (Lipinski definition) is 8. The molecule has 4 aromatic rings. The average Bonchev–Trinajstić information content (AvgIpc) is 3.13. The molecule has 4 aromatic carbocycles. The van der Waals surface area contributed by atoms with Crippen molar-refractivity contribution < 1.29 is 38.1 Å². The molecule has 0 heterocycles. The quantitative estimate of drug-likeness (QED) is 0.0690. The van der Waals surface area contributed by atoms with Crippen LogP contribution in [0.15, 0.2) is 148 Å². The lowest BCUT2D eigenvalue weighted by atomic mass is 9.67. The lowest BCUT2D eigenvalue weighted by Gasteiger charge is -2.36. The summed E-state index contributed by atoms with van der Waals surface area (Å²) in [6.45, 7) is 13.8. The molecule has 0 unspecified atom stereocenters. The van der Waals surface area contributed by atoms with Gasteiger partial charge in [-0.1, -0.05) is 74.8 Å². The van der Waals surface area contributed by atoms with Gasteiger partial charge >= 0.3 is 23.9 Å². The molecule has 0 aliphatic rings. The lowest BCUT2D eigenvalue weighted by molar-refractivity contribution is -0.129. The fraction of sp³-hybridized carbons (Fsp3) is 0.122. The first-order valence-electron chi connectivity index (χ1n) is 15.4. The van der Waals surface area contributed by atoms with Crippen LogP contribution in [0.3, 0.4) is 0 Å². The van der Waals surface area contributed by atoms with Crippen molar-refractivity contribution in [2.75, 3.05) is 0 Å². The van der Waals surface area contributed by atoms with E-state index in [1.807, 2.05) is 48.5 Å². The van der Waals surface area contributed by atoms with Crippen molar-refractivity contribution in [3.63, 3.8) is 0 Å². The number of esters is 4. The van der Waals surface area contributed by atoms with Crippen LogP contribution in [0.2, 0.25) is 0 Å². The molecule has 0 radical (unpaired) electrons. The summed E-state index contributed by atoms with van der Waals surface area (Å²) in [6.07, 6.45) is 7.00. The average molecular weight is 657 g/mol. The summed E-state index contributed by atoms with van der Waals surface area (Å²) in [4.78, 5) is 47.1. The second kappa shape index (κ2) is 17.0. The van der Waals surface area contributed by atoms with Crippen LogP contribution in [0.25, 0.3) is 0 Å². The Hall–Kier alpha value is -6.28. The van der Waals surface area contributed by atoms with Crippen molar-refractivity contribution >= 4 is 23.9 Å². The molecule has 0 atom stereocenters. The highest BCUT2D eigenvalue weighted by Crippen LogP contribution is 2.42. The van der Waals surface area contributed by atoms with Crippen LogP contribution in [-0.2, 0) is 37.4 Å². The van der Waals surface area contributed by atoms with Crippen LogP contribution in [0, 0.1) is 0 Å². The van der Waals surface area contributed by atoms with Gasteiger partial charge in [-0.2, -0.15) is 0 Å². The van der Waals surface area contributed by atoms with Gasteiger partial charge in [-0.15, -0.1) is 0 Å². The molecular formula is C41H36O8. The summed E-state index contributed by atoms with van der Waals surface area (Å²) >= 11 is 0. The molecule has 0 fully saturated rings. The van der Waals surface area contributed by atoms with Crippen molar-refractivity contribution in [1.82, 2.24) is 0 Å². The molecule has 0 saturated carbocycles. The molecule has 0 N–H and O–H groups in total. The van der Waals surface area contributed by atoms with E-state index in [9.17, 15) is 19.2 Å². The Balaban J connectivity index is 1.75. The number of benzene rings is 4. The molecule has 0 saturated heterocycles. The van der Waals surface area contributed by atoms with Crippen LogP contribution < -0.4 is 18.9 Å². The van der Waals surface area contributed by atoms with E-state index >= 15 is 0 Å². The van der Waals surface area contributed by atoms with Crippen LogP contribution in [0.5, 0.6) is 23.0 Å². The summed E-state index contributed by atoms with van der Waals surface area (Å²) in [5.74, 6) is -0.618. The topological polar surface area (TPSA) is 105 Å². The summed E-state index contributed by atoms with van der Waals surface area (Å²) < 4.78 is 21.2. The Labute approximate surface area is 285 Å². The van der Waals surface area contributed by atoms with Gasteiger partial charge in [-0.25, -0.2) is 19.2 Å². The predicted molar refractivity (Wildman–Crippen MR) is 187 cm³/mol. The van der Waals surface area contributed by atoms with Gasteiger partial charge in [0.15, 0.2) is 0 Å². The van der Waals surface area contributed by atoms with E-state index in [0.717, 1.165) is 46.6 Å². The molecule has 248 valence electrons. The third kappa shape index (κ3) is 9.86. The summed E-state index contributed by atoms with van der Waals surface area (Å²) in [5.41, 5.74) is 3.38. The highest BCUT2D eigenvalue weighted by molar-refractivity contribution is 5.84. The highest BCUT2D eigenvalue weighted by atomic mass is 16.5. The van der Waals surface area contributed by atoms with Gasteiger partial charge in [-0.05, 0) is 96.5 Å². The van der Waals surface area contributed by atoms with Gasteiger partial charge in [-0.3, -0.25) is 0 Å². The first-order valence-corrected chi connectivity index (χ1v) is 15.4. The fourth-order valence-electron chi connectivity index (χ4n) is 5.35. The van der Waals surface area contributed by atoms with Gasteiger partial charge in [0.2, 0.25) is 0 Å². The van der Waals surface area contributed by atoms with Crippen molar-refractivity contribution in [3.8, 4) is 23.0 Å². The number of ether oxygens (including phenoxy) is 4. The van der Waals surface area contributed by atoms with Crippen molar-refractivity contribution in [2.24, 2.45) is 0 Å². The van der Waals surface area contributed by atoms with E-state index in [-0.39, 0.29) is 0 Å². The maximum Gasteiger partial charge on any atom is 0.335 e. The second-order valence-electron chi connectivity index (χ2n) is 10.9. The van der Waals surface area contributed by atoms with E-state index in [0.29, 0.717) is 48.7 Å². The van der Waals surface area contributed by atoms with E-state index in [1.165, 1.54) is 0 Å². The second-order valence-corrected chi connectivity index (χ2v) is 10.9. The van der Waals surface area contributed by atoms with Crippen LogP contribution in [-0.4, -0.2) is 23.9 Å². The van der Waals surface area contributed by atoms with Gasteiger partial charge in [0, 0.05) is 29.7 Å². The summed E-state index contributed by atoms with van der Waals surface area (Å²) in [6, 6.07) is 29.4. The van der Waals surface area contributed by atoms with Crippen molar-refractivity contribution in [1.29, 1.82) is 0 Å². The Morgan fingerprint density at radius 2 is 0.673 bits per heavy atom. The molecule has 0 spiro atoms. The molecule has 49 heavy (non-hydrogen) atoms. The smallest absolute Gasteiger partial charge is 0.335 e. The first kappa shape index (κ1) is 35.6. The summed E-state index contributed by atoms with van der Waals surface area (Å²) in [7, 11) is 0. The number of hydrogen-bond donors (Lipinski definition) is 0. The van der Waals surface area contributed by atoms with Crippen molar-refractivity contribution in [2.45, 2.75) is 31.1 Å². The zero-order valence-corrected chi connectivity index (χ0v) is 27.0. The molecule has 0 bridgehead atoms. The zero-order valence-electron chi connectivity index (χ0n) is 27.0. The largest absolute Gasteiger partial charge is 0.423 e. The third-order valence-corrected chi connectivity index (χ3v) is 7.88. The standard InChI is InChI=1S/C41H36O8/c1-5-37(42)46-33-17-9-29(10-18-33)25-27-41(31-13-21-35(22-14-31)48-39(44)7-3,32-15-23-36(24-16-32)49-40(45)8-4)28-26-30-11-19-34(20-12-30)47-38(43)6-2/h5-24H,1-4,25-28H2. The molecule has 8 heteroatoms. The van der Waals surface area contributed by atoms with Gasteiger partial charge in [0.1, 0.15) is 23.0 Å². The number of aryl methyl sites for hydroxylation is 2. The monoisotopic (exact) mass is 656 g/mol. The SMILES string of the molecule is C=CC(=O)Oc1ccc(CCC(CCc2ccc(OC(=O)C=C)cc2)(c2ccc(OC(=O)C=C)cc2)c2ccc(OC(=O)C=C)cc2)cc1. The maximum absolute atomic E-state index is 11.9. The van der Waals surface area contributed by atoms with Crippen molar-refractivity contribution in [3.05, 3.63) is 170 Å². The van der Waals surface area contributed by atoms with Gasteiger partial charge < -0.3 is 18.9 Å². The minimum absolute atomic E-state index is 0.378. The van der Waals surface area contributed by atoms with E-state index in [2.05, 4.69) is 26.3 Å². The van der Waals surface area contributed by atoms with Crippen LogP contribution >= 0.6 is 0 Å². The molecule has 8 nitrogen and oxygen atoms in total. The predicted octanol–water partition coefficient (Wildman–Crippen LogP) is 7.60.